The number of aromatic hydroxyl groups is 1. The van der Waals surface area contributed by atoms with Gasteiger partial charge in [-0.2, -0.15) is 0 Å². The molecule has 0 aliphatic heterocycles. The van der Waals surface area contributed by atoms with Gasteiger partial charge in [0.05, 0.1) is 24.2 Å². The molecule has 13 nitrogen and oxygen atoms in total. The van der Waals surface area contributed by atoms with Crippen LogP contribution in [-0.4, -0.2) is 60.3 Å². The van der Waals surface area contributed by atoms with Gasteiger partial charge in [0.15, 0.2) is 17.6 Å². The van der Waals surface area contributed by atoms with Gasteiger partial charge in [0.25, 0.3) is 5.56 Å². The third-order valence-electron chi connectivity index (χ3n) is 3.54. The standard InChI is InChI=1S/C14H19N4O9PS/c1-7(20)12(18-3-2-10(21)16-14(18)24)27-8(4-19)5-26-28(25)29-6-9-11(22)17-13(23)15-9/h2-3,7-8,12,19-20H,4-6H2,1H3,(H3-,15,16,17,21,22,23,24)/p+1. The minimum atomic E-state index is -2.30. The minimum absolute atomic E-state index is 0.00645. The second kappa shape index (κ2) is 10.5. The largest absolute Gasteiger partial charge is 0.585 e. The zero-order chi connectivity index (χ0) is 21.6. The average Bonchev–Trinajstić information content (AvgIpc) is 2.98. The Labute approximate surface area is 167 Å². The van der Waals surface area contributed by atoms with E-state index in [1.165, 1.54) is 6.92 Å². The van der Waals surface area contributed by atoms with E-state index in [4.69, 9.17) is 9.26 Å². The molecule has 4 atom stereocenters. The van der Waals surface area contributed by atoms with Crippen molar-refractivity contribution in [2.24, 2.45) is 0 Å². The van der Waals surface area contributed by atoms with Crippen molar-refractivity contribution in [3.05, 3.63) is 49.3 Å². The Bertz CT molecular complexity index is 998. The molecule has 15 heteroatoms. The number of H-pyrrole nitrogens is 3. The Morgan fingerprint density at radius 3 is 2.55 bits per heavy atom. The van der Waals surface area contributed by atoms with E-state index in [0.29, 0.717) is 0 Å². The molecule has 6 N–H and O–H groups in total. The molecule has 2 heterocycles. The van der Waals surface area contributed by atoms with Crippen LogP contribution in [0.3, 0.4) is 0 Å². The highest BCUT2D eigenvalue weighted by atomic mass is 32.7. The van der Waals surface area contributed by atoms with E-state index in [2.05, 4.69) is 9.97 Å². The van der Waals surface area contributed by atoms with Gasteiger partial charge in [-0.1, -0.05) is 0 Å². The molecule has 29 heavy (non-hydrogen) atoms. The van der Waals surface area contributed by atoms with E-state index in [0.717, 1.165) is 28.2 Å². The lowest BCUT2D eigenvalue weighted by atomic mass is 10.3. The number of ether oxygens (including phenoxy) is 1. The van der Waals surface area contributed by atoms with E-state index < -0.39 is 49.2 Å². The summed E-state index contributed by atoms with van der Waals surface area (Å²) in [6.45, 7) is 0.439. The molecule has 0 bridgehead atoms. The van der Waals surface area contributed by atoms with Gasteiger partial charge in [-0.05, 0) is 11.5 Å². The molecule has 0 aromatic carbocycles. The molecule has 0 spiro atoms. The van der Waals surface area contributed by atoms with Crippen LogP contribution >= 0.6 is 18.6 Å². The molecular formula is C14H20N4O9PS+. The summed E-state index contributed by atoms with van der Waals surface area (Å²) in [6.07, 6.45) is -2.35. The SMILES string of the molecule is CC(O)C(OC(CO)CO[P+](=O)SCc1[nH]c(=O)[nH]c1O)n1ccc(=O)[nH]c1=O. The first-order valence-electron chi connectivity index (χ1n) is 8.20. The molecule has 0 radical (unpaired) electrons. The third kappa shape index (κ3) is 6.66. The first-order valence-corrected chi connectivity index (χ1v) is 11.0. The number of aliphatic hydroxyl groups is 2. The van der Waals surface area contributed by atoms with Crippen LogP contribution in [0.1, 0.15) is 18.8 Å². The highest BCUT2D eigenvalue weighted by Gasteiger charge is 2.28. The lowest BCUT2D eigenvalue weighted by Crippen LogP contribution is -2.40. The van der Waals surface area contributed by atoms with E-state index in [-0.39, 0.29) is 23.9 Å². The monoisotopic (exact) mass is 451 g/mol. The molecule has 0 aliphatic carbocycles. The van der Waals surface area contributed by atoms with Gasteiger partial charge in [0.1, 0.15) is 12.7 Å². The van der Waals surface area contributed by atoms with Crippen LogP contribution in [0, 0.1) is 0 Å². The van der Waals surface area contributed by atoms with E-state index >= 15 is 0 Å². The number of aromatic nitrogens is 4. The van der Waals surface area contributed by atoms with Crippen molar-refractivity contribution in [3.63, 3.8) is 0 Å². The summed E-state index contributed by atoms with van der Waals surface area (Å²) in [5.41, 5.74) is -1.90. The maximum absolute atomic E-state index is 12.0. The lowest BCUT2D eigenvalue weighted by Gasteiger charge is -2.26. The van der Waals surface area contributed by atoms with Crippen LogP contribution in [0.15, 0.2) is 26.6 Å². The van der Waals surface area contributed by atoms with Gasteiger partial charge >= 0.3 is 18.6 Å². The van der Waals surface area contributed by atoms with Crippen molar-refractivity contribution in [2.45, 2.75) is 31.1 Å². The van der Waals surface area contributed by atoms with Crippen molar-refractivity contribution in [1.29, 1.82) is 0 Å². The number of rotatable bonds is 11. The molecule has 2 rings (SSSR count). The predicted octanol–water partition coefficient (Wildman–Crippen LogP) is -0.877. The van der Waals surface area contributed by atoms with E-state index in [9.17, 15) is 34.3 Å². The maximum Gasteiger partial charge on any atom is 0.585 e. The third-order valence-corrected chi connectivity index (χ3v) is 5.86. The number of imidazole rings is 1. The molecule has 2 aromatic heterocycles. The minimum Gasteiger partial charge on any atom is -0.493 e. The van der Waals surface area contributed by atoms with Gasteiger partial charge in [-0.3, -0.25) is 19.3 Å². The quantitative estimate of drug-likeness (QED) is 0.233. The Hall–Kier alpha value is -2.22. The van der Waals surface area contributed by atoms with Crippen molar-refractivity contribution in [3.8, 4) is 5.88 Å². The van der Waals surface area contributed by atoms with Crippen molar-refractivity contribution in [1.82, 2.24) is 19.5 Å². The highest BCUT2D eigenvalue weighted by Crippen LogP contribution is 2.41. The van der Waals surface area contributed by atoms with Crippen molar-refractivity contribution in [2.75, 3.05) is 13.2 Å². The highest BCUT2D eigenvalue weighted by molar-refractivity contribution is 8.49. The molecule has 160 valence electrons. The number of nitrogens with zero attached hydrogens (tertiary/aromatic N) is 1. The van der Waals surface area contributed by atoms with E-state index in [1.807, 2.05) is 4.98 Å². The Morgan fingerprint density at radius 1 is 1.28 bits per heavy atom. The van der Waals surface area contributed by atoms with Crippen LogP contribution in [-0.2, 0) is 19.6 Å². The summed E-state index contributed by atoms with van der Waals surface area (Å²) in [5.74, 6) is -0.373. The number of nitrogens with one attached hydrogen (secondary N) is 3. The molecular weight excluding hydrogens is 431 g/mol. The lowest BCUT2D eigenvalue weighted by molar-refractivity contribution is -0.134. The summed E-state index contributed by atoms with van der Waals surface area (Å²) in [4.78, 5) is 40.6. The fraction of sp³-hybridized carbons (Fsp3) is 0.500. The smallest absolute Gasteiger partial charge is 0.493 e. The number of aliphatic hydroxyl groups excluding tert-OH is 2. The summed E-state index contributed by atoms with van der Waals surface area (Å²) in [7, 11) is -2.30. The van der Waals surface area contributed by atoms with Gasteiger partial charge in [-0.15, -0.1) is 4.52 Å². The Morgan fingerprint density at radius 2 is 2.00 bits per heavy atom. The zero-order valence-electron chi connectivity index (χ0n) is 15.1. The fourth-order valence-electron chi connectivity index (χ4n) is 2.19. The van der Waals surface area contributed by atoms with Crippen LogP contribution in [0.25, 0.3) is 0 Å². The number of hydrogen-bond acceptors (Lipinski definition) is 10. The summed E-state index contributed by atoms with van der Waals surface area (Å²) in [5, 5.41) is 28.8. The van der Waals surface area contributed by atoms with Gasteiger partial charge in [-0.25, -0.2) is 9.59 Å². The Kier molecular flexibility index (Phi) is 8.37. The van der Waals surface area contributed by atoms with Crippen LogP contribution in [0.2, 0.25) is 0 Å². The first kappa shape index (κ1) is 23.1. The van der Waals surface area contributed by atoms with E-state index in [1.54, 1.807) is 0 Å². The maximum atomic E-state index is 12.0. The van der Waals surface area contributed by atoms with Crippen LogP contribution < -0.4 is 16.9 Å². The summed E-state index contributed by atoms with van der Waals surface area (Å²) in [6, 6.07) is 1.07. The van der Waals surface area contributed by atoms with Gasteiger partial charge in [0, 0.05) is 12.3 Å². The Balaban J connectivity index is 1.94. The van der Waals surface area contributed by atoms with Gasteiger partial charge in [0.2, 0.25) is 5.88 Å². The van der Waals surface area contributed by atoms with Crippen molar-refractivity contribution < 1.29 is 29.1 Å². The zero-order valence-corrected chi connectivity index (χ0v) is 16.8. The van der Waals surface area contributed by atoms with Gasteiger partial charge < -0.3 is 25.0 Å². The van der Waals surface area contributed by atoms with Crippen LogP contribution in [0.4, 0.5) is 0 Å². The van der Waals surface area contributed by atoms with Crippen LogP contribution in [0.5, 0.6) is 5.88 Å². The first-order chi connectivity index (χ1) is 13.7. The molecule has 4 unspecified atom stereocenters. The summed E-state index contributed by atoms with van der Waals surface area (Å²) >= 11 is 0.790. The second-order valence-electron chi connectivity index (χ2n) is 5.79. The number of aromatic amines is 3. The predicted molar refractivity (Wildman–Crippen MR) is 102 cm³/mol. The molecule has 0 saturated carbocycles. The number of hydrogen-bond donors (Lipinski definition) is 6. The topological polar surface area (TPSA) is 200 Å². The fourth-order valence-corrected chi connectivity index (χ4v) is 4.10. The average molecular weight is 451 g/mol. The second-order valence-corrected chi connectivity index (χ2v) is 8.71. The molecule has 2 aromatic rings. The molecule has 0 aliphatic rings. The van der Waals surface area contributed by atoms with Crippen molar-refractivity contribution >= 4 is 18.6 Å². The molecule has 0 saturated heterocycles. The molecule has 0 fully saturated rings. The molecule has 0 amide bonds. The summed E-state index contributed by atoms with van der Waals surface area (Å²) < 4.78 is 23.5. The normalized spacial score (nSPS) is 15.1.